The molecule has 0 saturated carbocycles. The molecule has 10 heteroatoms. The Morgan fingerprint density at radius 1 is 1.03 bits per heavy atom. The Labute approximate surface area is 186 Å². The van der Waals surface area contributed by atoms with E-state index in [1.54, 1.807) is 58.9 Å². The highest BCUT2D eigenvalue weighted by atomic mass is 16.8. The summed E-state index contributed by atoms with van der Waals surface area (Å²) >= 11 is 0. The molecular weight excluding hydrogens is 420 g/mol. The molecule has 4 aliphatic rings. The van der Waals surface area contributed by atoms with E-state index in [4.69, 9.17) is 28.4 Å². The van der Waals surface area contributed by atoms with Crippen LogP contribution in [0.5, 0.6) is 5.75 Å². The summed E-state index contributed by atoms with van der Waals surface area (Å²) in [6.07, 6.45) is -2.55. The standard InChI is InChI=1S/C22H30N2O8/c1-19(2,3)32-17(25)23-11-21-12-28-22(13-27-21,16-15(21)30-20(4,5)31-16)24-18(26)29-14-9-7-6-8-10-14/h6-10,15-16H,11-13H2,1-5H3,(H,23,25)(H,24,26). The molecule has 2 bridgehead atoms. The summed E-state index contributed by atoms with van der Waals surface area (Å²) in [5, 5.41) is 5.50. The molecule has 32 heavy (non-hydrogen) atoms. The van der Waals surface area contributed by atoms with Gasteiger partial charge in [0.2, 0.25) is 0 Å². The molecule has 0 radical (unpaired) electrons. The lowest BCUT2D eigenvalue weighted by molar-refractivity contribution is -0.335. The first-order valence-corrected chi connectivity index (χ1v) is 10.6. The fraction of sp³-hybridized carbons (Fsp3) is 0.636. The predicted octanol–water partition coefficient (Wildman–Crippen LogP) is 2.32. The third kappa shape index (κ3) is 4.54. The maximum absolute atomic E-state index is 12.6. The van der Waals surface area contributed by atoms with E-state index in [9.17, 15) is 9.59 Å². The van der Waals surface area contributed by atoms with E-state index in [0.29, 0.717) is 5.75 Å². The fourth-order valence-corrected chi connectivity index (χ4v) is 4.08. The normalized spacial score (nSPS) is 32.7. The van der Waals surface area contributed by atoms with Gasteiger partial charge in [-0.2, -0.15) is 0 Å². The number of benzene rings is 1. The number of carbonyl (C=O) groups is 2. The average molecular weight is 450 g/mol. The monoisotopic (exact) mass is 450 g/mol. The van der Waals surface area contributed by atoms with Crippen LogP contribution in [0.3, 0.4) is 0 Å². The van der Waals surface area contributed by atoms with E-state index in [-0.39, 0.29) is 19.8 Å². The van der Waals surface area contributed by atoms with Crippen LogP contribution in [0.4, 0.5) is 9.59 Å². The van der Waals surface area contributed by atoms with Gasteiger partial charge in [-0.1, -0.05) is 18.2 Å². The summed E-state index contributed by atoms with van der Waals surface area (Å²) in [6, 6.07) is 8.69. The molecule has 2 amide bonds. The zero-order valence-electron chi connectivity index (χ0n) is 18.9. The van der Waals surface area contributed by atoms with Crippen molar-refractivity contribution in [2.24, 2.45) is 0 Å². The van der Waals surface area contributed by atoms with Crippen LogP contribution in [0.1, 0.15) is 34.6 Å². The van der Waals surface area contributed by atoms with Crippen molar-refractivity contribution in [3.8, 4) is 5.75 Å². The van der Waals surface area contributed by atoms with E-state index in [1.807, 2.05) is 6.07 Å². The maximum atomic E-state index is 12.6. The summed E-state index contributed by atoms with van der Waals surface area (Å²) in [5.41, 5.74) is -2.92. The second-order valence-electron chi connectivity index (χ2n) is 9.69. The number of para-hydroxylation sites is 1. The smallest absolute Gasteiger partial charge is 0.414 e. The van der Waals surface area contributed by atoms with Crippen molar-refractivity contribution in [2.45, 2.75) is 69.5 Å². The Balaban J connectivity index is 1.48. The van der Waals surface area contributed by atoms with Crippen LogP contribution in [-0.4, -0.2) is 66.9 Å². The third-order valence-electron chi connectivity index (χ3n) is 5.42. The molecule has 4 fully saturated rings. The zero-order chi connectivity index (χ0) is 23.2. The molecule has 5 rings (SSSR count). The maximum Gasteiger partial charge on any atom is 0.414 e. The van der Waals surface area contributed by atoms with E-state index in [0.717, 1.165) is 0 Å². The van der Waals surface area contributed by atoms with Crippen LogP contribution in [0.15, 0.2) is 30.3 Å². The van der Waals surface area contributed by atoms with Gasteiger partial charge in [0.1, 0.15) is 29.2 Å². The molecule has 0 aliphatic carbocycles. The van der Waals surface area contributed by atoms with Crippen molar-refractivity contribution in [3.05, 3.63) is 30.3 Å². The molecule has 2 N–H and O–H groups in total. The average Bonchev–Trinajstić information content (AvgIpc) is 3.05. The van der Waals surface area contributed by atoms with Crippen LogP contribution >= 0.6 is 0 Å². The number of alkyl carbamates (subject to hydrolysis) is 1. The van der Waals surface area contributed by atoms with Crippen LogP contribution in [0.25, 0.3) is 0 Å². The van der Waals surface area contributed by atoms with Gasteiger partial charge in [0.25, 0.3) is 0 Å². The van der Waals surface area contributed by atoms with Crippen molar-refractivity contribution >= 4 is 12.2 Å². The molecule has 0 aromatic heterocycles. The number of fused-ring (bicyclic) bond motifs is 2. The highest BCUT2D eigenvalue weighted by Crippen LogP contribution is 2.48. The molecule has 4 atom stereocenters. The van der Waals surface area contributed by atoms with Gasteiger partial charge in [-0.25, -0.2) is 9.59 Å². The lowest BCUT2D eigenvalue weighted by atomic mass is 9.81. The predicted molar refractivity (Wildman–Crippen MR) is 111 cm³/mol. The number of nitrogens with one attached hydrogen (secondary N) is 2. The molecule has 10 nitrogen and oxygen atoms in total. The van der Waals surface area contributed by atoms with Gasteiger partial charge < -0.3 is 33.7 Å². The molecule has 1 aromatic carbocycles. The lowest BCUT2D eigenvalue weighted by Gasteiger charge is -2.56. The van der Waals surface area contributed by atoms with E-state index >= 15 is 0 Å². The van der Waals surface area contributed by atoms with Gasteiger partial charge >= 0.3 is 12.2 Å². The Kier molecular flexibility index (Phi) is 5.61. The lowest BCUT2D eigenvalue weighted by Crippen LogP contribution is -2.80. The number of carbonyl (C=O) groups excluding carboxylic acids is 2. The molecule has 4 aliphatic heterocycles. The van der Waals surface area contributed by atoms with Gasteiger partial charge in [-0.3, -0.25) is 5.32 Å². The quantitative estimate of drug-likeness (QED) is 0.719. The van der Waals surface area contributed by atoms with Crippen molar-refractivity contribution in [2.75, 3.05) is 19.8 Å². The molecule has 4 saturated heterocycles. The second kappa shape index (κ2) is 7.87. The third-order valence-corrected chi connectivity index (χ3v) is 5.42. The van der Waals surface area contributed by atoms with Gasteiger partial charge in [0.05, 0.1) is 19.8 Å². The Morgan fingerprint density at radius 2 is 1.72 bits per heavy atom. The highest BCUT2D eigenvalue weighted by Gasteiger charge is 2.70. The first-order chi connectivity index (χ1) is 14.9. The fourth-order valence-electron chi connectivity index (χ4n) is 4.08. The molecule has 176 valence electrons. The minimum atomic E-state index is -1.29. The second-order valence-corrected chi connectivity index (χ2v) is 9.69. The molecule has 4 heterocycles. The van der Waals surface area contributed by atoms with E-state index in [1.165, 1.54) is 0 Å². The number of amides is 2. The van der Waals surface area contributed by atoms with Crippen LogP contribution < -0.4 is 15.4 Å². The van der Waals surface area contributed by atoms with Crippen LogP contribution in [0, 0.1) is 0 Å². The summed E-state index contributed by atoms with van der Waals surface area (Å²) < 4.78 is 35.1. The number of rotatable bonds is 4. The topological polar surface area (TPSA) is 114 Å². The van der Waals surface area contributed by atoms with Crippen molar-refractivity contribution in [1.82, 2.24) is 10.6 Å². The van der Waals surface area contributed by atoms with E-state index < -0.39 is 47.1 Å². The Morgan fingerprint density at radius 3 is 2.34 bits per heavy atom. The molecule has 4 unspecified atom stereocenters. The van der Waals surface area contributed by atoms with E-state index in [2.05, 4.69) is 10.6 Å². The van der Waals surface area contributed by atoms with Crippen molar-refractivity contribution < 1.29 is 38.0 Å². The summed E-state index contributed by atoms with van der Waals surface area (Å²) in [7, 11) is 0. The number of ether oxygens (including phenoxy) is 6. The summed E-state index contributed by atoms with van der Waals surface area (Å²) in [5.74, 6) is -0.547. The summed E-state index contributed by atoms with van der Waals surface area (Å²) in [6.45, 7) is 9.05. The van der Waals surface area contributed by atoms with Crippen LogP contribution in [-0.2, 0) is 23.7 Å². The minimum absolute atomic E-state index is 0.00645. The number of hydrogen-bond acceptors (Lipinski definition) is 8. The highest BCUT2D eigenvalue weighted by molar-refractivity contribution is 5.71. The van der Waals surface area contributed by atoms with Gasteiger partial charge in [0.15, 0.2) is 11.5 Å². The molecule has 0 spiro atoms. The Hall–Kier alpha value is -2.40. The Bertz CT molecular complexity index is 858. The molecular formula is C22H30N2O8. The van der Waals surface area contributed by atoms with Crippen molar-refractivity contribution in [1.29, 1.82) is 0 Å². The largest absolute Gasteiger partial charge is 0.444 e. The zero-order valence-corrected chi connectivity index (χ0v) is 18.9. The van der Waals surface area contributed by atoms with Gasteiger partial charge in [0, 0.05) is 0 Å². The molecule has 1 aromatic rings. The van der Waals surface area contributed by atoms with Gasteiger partial charge in [-0.15, -0.1) is 0 Å². The first-order valence-electron chi connectivity index (χ1n) is 10.6. The first kappa shape index (κ1) is 22.8. The van der Waals surface area contributed by atoms with Crippen molar-refractivity contribution in [3.63, 3.8) is 0 Å². The van der Waals surface area contributed by atoms with Crippen LogP contribution in [0.2, 0.25) is 0 Å². The SMILES string of the molecule is CC(C)(C)OC(=O)NCC12COC(NC(=O)Oc3ccccc3)(CO1)C1OC(C)(C)OC12. The minimum Gasteiger partial charge on any atom is -0.444 e. The number of hydrogen-bond donors (Lipinski definition) is 2. The van der Waals surface area contributed by atoms with Gasteiger partial charge in [-0.05, 0) is 46.8 Å². The summed E-state index contributed by atoms with van der Waals surface area (Å²) in [4.78, 5) is 24.8.